The van der Waals surface area contributed by atoms with E-state index in [-0.39, 0.29) is 11.9 Å². The van der Waals surface area contributed by atoms with Crippen molar-refractivity contribution < 1.29 is 4.79 Å². The number of aromatic nitrogens is 4. The number of tetrazole rings is 1. The molecule has 1 atom stereocenters. The minimum atomic E-state index is -0.0995. The number of hydrogen-bond acceptors (Lipinski definition) is 5. The predicted octanol–water partition coefficient (Wildman–Crippen LogP) is 0.947. The van der Waals surface area contributed by atoms with E-state index in [1.807, 2.05) is 24.3 Å². The van der Waals surface area contributed by atoms with Crippen LogP contribution < -0.4 is 10.6 Å². The fourth-order valence-corrected chi connectivity index (χ4v) is 2.33. The molecule has 0 aliphatic carbocycles. The lowest BCUT2D eigenvalue weighted by Gasteiger charge is -2.22. The van der Waals surface area contributed by atoms with Gasteiger partial charge in [0.15, 0.2) is 0 Å². The zero-order valence-electron chi connectivity index (χ0n) is 11.0. The van der Waals surface area contributed by atoms with Gasteiger partial charge in [-0.05, 0) is 36.7 Å². The second kappa shape index (κ2) is 5.79. The maximum absolute atomic E-state index is 12.1. The fraction of sp³-hybridized carbons (Fsp3) is 0.385. The second-order valence-electron chi connectivity index (χ2n) is 4.81. The monoisotopic (exact) mass is 272 g/mol. The summed E-state index contributed by atoms with van der Waals surface area (Å²) < 4.78 is 0. The highest BCUT2D eigenvalue weighted by Crippen LogP contribution is 2.19. The van der Waals surface area contributed by atoms with E-state index < -0.39 is 0 Å². The number of aromatic amines is 1. The van der Waals surface area contributed by atoms with Crippen LogP contribution in [0.3, 0.4) is 0 Å². The summed E-state index contributed by atoms with van der Waals surface area (Å²) in [7, 11) is 0. The van der Waals surface area contributed by atoms with Crippen LogP contribution in [-0.4, -0.2) is 39.1 Å². The lowest BCUT2D eigenvalue weighted by molar-refractivity contribution is -0.118. The van der Waals surface area contributed by atoms with Gasteiger partial charge in [0.1, 0.15) is 0 Å². The summed E-state index contributed by atoms with van der Waals surface area (Å²) in [5.41, 5.74) is 1.55. The van der Waals surface area contributed by atoms with Crippen LogP contribution in [0.4, 0.5) is 5.69 Å². The average molecular weight is 272 g/mol. The second-order valence-corrected chi connectivity index (χ2v) is 4.81. The molecule has 2 heterocycles. The van der Waals surface area contributed by atoms with Crippen molar-refractivity contribution in [3.05, 3.63) is 24.3 Å². The van der Waals surface area contributed by atoms with E-state index >= 15 is 0 Å². The van der Waals surface area contributed by atoms with Gasteiger partial charge < -0.3 is 10.6 Å². The van der Waals surface area contributed by atoms with E-state index in [4.69, 9.17) is 0 Å². The van der Waals surface area contributed by atoms with E-state index in [0.29, 0.717) is 5.82 Å². The molecule has 0 radical (unpaired) electrons. The topological polar surface area (TPSA) is 95.6 Å². The number of nitrogens with one attached hydrogen (secondary N) is 3. The molecule has 1 aromatic carbocycles. The van der Waals surface area contributed by atoms with Gasteiger partial charge in [0.05, 0.1) is 6.04 Å². The quantitative estimate of drug-likeness (QED) is 0.773. The van der Waals surface area contributed by atoms with Crippen molar-refractivity contribution in [3.63, 3.8) is 0 Å². The van der Waals surface area contributed by atoms with Crippen molar-refractivity contribution in [3.8, 4) is 11.4 Å². The Morgan fingerprint density at radius 1 is 1.35 bits per heavy atom. The maximum Gasteiger partial charge on any atom is 0.241 e. The van der Waals surface area contributed by atoms with Crippen LogP contribution >= 0.6 is 0 Å². The first-order valence-corrected chi connectivity index (χ1v) is 6.71. The first-order chi connectivity index (χ1) is 9.83. The predicted molar refractivity (Wildman–Crippen MR) is 73.9 cm³/mol. The van der Waals surface area contributed by atoms with Gasteiger partial charge in [-0.25, -0.2) is 0 Å². The number of anilines is 1. The number of nitrogens with zero attached hydrogens (tertiary/aromatic N) is 3. The van der Waals surface area contributed by atoms with Gasteiger partial charge in [-0.1, -0.05) is 18.6 Å². The molecule has 0 spiro atoms. The minimum absolute atomic E-state index is 0.00922. The Balaban J connectivity index is 1.71. The summed E-state index contributed by atoms with van der Waals surface area (Å²) in [4.78, 5) is 12.1. The number of carbonyl (C=O) groups excluding carboxylic acids is 1. The van der Waals surface area contributed by atoms with E-state index in [1.54, 1.807) is 0 Å². The molecule has 7 nitrogen and oxygen atoms in total. The van der Waals surface area contributed by atoms with Gasteiger partial charge in [0, 0.05) is 11.3 Å². The van der Waals surface area contributed by atoms with Crippen molar-refractivity contribution in [2.75, 3.05) is 11.9 Å². The molecule has 1 fully saturated rings. The van der Waals surface area contributed by atoms with Crippen LogP contribution in [0.25, 0.3) is 11.4 Å². The van der Waals surface area contributed by atoms with Crippen molar-refractivity contribution in [1.82, 2.24) is 25.9 Å². The zero-order valence-corrected chi connectivity index (χ0v) is 11.0. The molecule has 7 heteroatoms. The third-order valence-corrected chi connectivity index (χ3v) is 3.36. The van der Waals surface area contributed by atoms with Crippen LogP contribution in [0.1, 0.15) is 19.3 Å². The van der Waals surface area contributed by atoms with Crippen molar-refractivity contribution >= 4 is 11.6 Å². The third-order valence-electron chi connectivity index (χ3n) is 3.36. The molecule has 104 valence electrons. The van der Waals surface area contributed by atoms with Crippen LogP contribution in [0.15, 0.2) is 24.3 Å². The molecule has 0 unspecified atom stereocenters. The van der Waals surface area contributed by atoms with E-state index in [1.165, 1.54) is 0 Å². The smallest absolute Gasteiger partial charge is 0.241 e. The molecule has 0 saturated carbocycles. The van der Waals surface area contributed by atoms with Crippen molar-refractivity contribution in [1.29, 1.82) is 0 Å². The highest BCUT2D eigenvalue weighted by atomic mass is 16.2. The Morgan fingerprint density at radius 2 is 2.30 bits per heavy atom. The molecule has 2 aromatic rings. The Labute approximate surface area is 116 Å². The molecule has 1 amide bonds. The molecule has 20 heavy (non-hydrogen) atoms. The van der Waals surface area contributed by atoms with Crippen LogP contribution in [-0.2, 0) is 4.79 Å². The molecule has 3 rings (SSSR count). The van der Waals surface area contributed by atoms with Crippen molar-refractivity contribution in [2.45, 2.75) is 25.3 Å². The highest BCUT2D eigenvalue weighted by molar-refractivity contribution is 5.95. The number of rotatable bonds is 3. The van der Waals surface area contributed by atoms with Gasteiger partial charge in [0.25, 0.3) is 0 Å². The Kier molecular flexibility index (Phi) is 3.69. The van der Waals surface area contributed by atoms with Crippen LogP contribution in [0, 0.1) is 0 Å². The van der Waals surface area contributed by atoms with E-state index in [2.05, 4.69) is 31.3 Å². The lowest BCUT2D eigenvalue weighted by atomic mass is 10.0. The number of H-pyrrole nitrogens is 1. The standard InChI is InChI=1S/C13H16N6O/c20-13(11-6-1-2-7-14-11)15-10-5-3-4-9(8-10)12-16-18-19-17-12/h3-5,8,11,14H,1-2,6-7H2,(H,15,20)(H,16,17,18,19)/t11-/m0/s1. The lowest BCUT2D eigenvalue weighted by Crippen LogP contribution is -2.43. The number of piperidine rings is 1. The van der Waals surface area contributed by atoms with Gasteiger partial charge in [0.2, 0.25) is 11.7 Å². The summed E-state index contributed by atoms with van der Waals surface area (Å²) in [6, 6.07) is 7.32. The summed E-state index contributed by atoms with van der Waals surface area (Å²) in [6.45, 7) is 0.904. The van der Waals surface area contributed by atoms with Gasteiger partial charge in [-0.3, -0.25) is 4.79 Å². The van der Waals surface area contributed by atoms with E-state index in [9.17, 15) is 4.79 Å². The Hall–Kier alpha value is -2.28. The SMILES string of the molecule is O=C(Nc1cccc(-c2nn[nH]n2)c1)[C@@H]1CCCCN1. The normalized spacial score (nSPS) is 18.7. The largest absolute Gasteiger partial charge is 0.325 e. The van der Waals surface area contributed by atoms with Crippen molar-refractivity contribution in [2.24, 2.45) is 0 Å². The Bertz CT molecular complexity index is 576. The molecule has 1 aromatic heterocycles. The molecule has 0 bridgehead atoms. The summed E-state index contributed by atoms with van der Waals surface area (Å²) in [6.07, 6.45) is 3.11. The minimum Gasteiger partial charge on any atom is -0.325 e. The number of hydrogen-bond donors (Lipinski definition) is 3. The molecular weight excluding hydrogens is 256 g/mol. The first-order valence-electron chi connectivity index (χ1n) is 6.71. The van der Waals surface area contributed by atoms with Gasteiger partial charge in [-0.2, -0.15) is 5.21 Å². The number of amides is 1. The summed E-state index contributed by atoms with van der Waals surface area (Å²) >= 11 is 0. The molecule has 3 N–H and O–H groups in total. The molecule has 1 aliphatic rings. The maximum atomic E-state index is 12.1. The number of carbonyl (C=O) groups is 1. The molecule has 1 aliphatic heterocycles. The zero-order chi connectivity index (χ0) is 13.8. The number of benzene rings is 1. The van der Waals surface area contributed by atoms with Crippen LogP contribution in [0.2, 0.25) is 0 Å². The Morgan fingerprint density at radius 3 is 3.05 bits per heavy atom. The summed E-state index contributed by atoms with van der Waals surface area (Å²) in [5, 5.41) is 19.9. The van der Waals surface area contributed by atoms with Gasteiger partial charge >= 0.3 is 0 Å². The fourth-order valence-electron chi connectivity index (χ4n) is 2.33. The average Bonchev–Trinajstić information content (AvgIpc) is 3.03. The molecular formula is C13H16N6O. The highest BCUT2D eigenvalue weighted by Gasteiger charge is 2.20. The van der Waals surface area contributed by atoms with Gasteiger partial charge in [-0.15, -0.1) is 10.2 Å². The first kappa shape index (κ1) is 12.7. The van der Waals surface area contributed by atoms with E-state index in [0.717, 1.165) is 37.1 Å². The third kappa shape index (κ3) is 2.83. The summed E-state index contributed by atoms with van der Waals surface area (Å²) in [5.74, 6) is 0.520. The molecule has 1 saturated heterocycles. The van der Waals surface area contributed by atoms with Crippen LogP contribution in [0.5, 0.6) is 0 Å².